The molecule has 0 bridgehead atoms. The van der Waals surface area contributed by atoms with Crippen LogP contribution >= 0.6 is 11.3 Å². The van der Waals surface area contributed by atoms with E-state index in [-0.39, 0.29) is 12.1 Å². The summed E-state index contributed by atoms with van der Waals surface area (Å²) in [4.78, 5) is 13.1. The molecule has 2 atom stereocenters. The molecule has 2 aromatic rings. The van der Waals surface area contributed by atoms with Crippen molar-refractivity contribution >= 4 is 17.4 Å². The standard InChI is InChI=1S/C16H24N4OS/c1-11(10-20-13(3)8-12(2)19-20)9-17-16(21)18-14(4)15-6-5-7-22-15/h5-8,11,14H,9-10H2,1-4H3,(H2,17,18,21)/t11-,14-/m0/s1. The summed E-state index contributed by atoms with van der Waals surface area (Å²) in [5.41, 5.74) is 2.18. The van der Waals surface area contributed by atoms with Crippen LogP contribution in [0.4, 0.5) is 4.79 Å². The van der Waals surface area contributed by atoms with Gasteiger partial charge in [0.1, 0.15) is 0 Å². The first-order valence-corrected chi connectivity index (χ1v) is 8.42. The molecule has 0 aliphatic heterocycles. The van der Waals surface area contributed by atoms with Crippen LogP contribution in [0, 0.1) is 19.8 Å². The first-order chi connectivity index (χ1) is 10.5. The van der Waals surface area contributed by atoms with Gasteiger partial charge in [0, 0.05) is 23.7 Å². The molecule has 22 heavy (non-hydrogen) atoms. The number of aromatic nitrogens is 2. The molecule has 2 N–H and O–H groups in total. The van der Waals surface area contributed by atoms with Gasteiger partial charge < -0.3 is 10.6 Å². The highest BCUT2D eigenvalue weighted by Crippen LogP contribution is 2.17. The molecule has 0 unspecified atom stereocenters. The average molecular weight is 320 g/mol. The first-order valence-electron chi connectivity index (χ1n) is 7.54. The molecule has 2 aromatic heterocycles. The van der Waals surface area contributed by atoms with E-state index in [2.05, 4.69) is 35.6 Å². The molecule has 5 nitrogen and oxygen atoms in total. The van der Waals surface area contributed by atoms with E-state index in [1.54, 1.807) is 11.3 Å². The topological polar surface area (TPSA) is 59.0 Å². The zero-order valence-electron chi connectivity index (χ0n) is 13.6. The van der Waals surface area contributed by atoms with E-state index >= 15 is 0 Å². The first kappa shape index (κ1) is 16.5. The third-order valence-electron chi connectivity index (χ3n) is 3.52. The van der Waals surface area contributed by atoms with Crippen molar-refractivity contribution in [3.63, 3.8) is 0 Å². The number of nitrogens with one attached hydrogen (secondary N) is 2. The Hall–Kier alpha value is -1.82. The van der Waals surface area contributed by atoms with Crippen molar-refractivity contribution in [2.24, 2.45) is 5.92 Å². The van der Waals surface area contributed by atoms with Crippen molar-refractivity contribution in [3.8, 4) is 0 Å². The van der Waals surface area contributed by atoms with E-state index < -0.39 is 0 Å². The van der Waals surface area contributed by atoms with Gasteiger partial charge >= 0.3 is 6.03 Å². The van der Waals surface area contributed by atoms with E-state index in [9.17, 15) is 4.79 Å². The van der Waals surface area contributed by atoms with E-state index in [4.69, 9.17) is 0 Å². The molecule has 0 radical (unpaired) electrons. The number of amides is 2. The summed E-state index contributed by atoms with van der Waals surface area (Å²) in [6.45, 7) is 9.58. The lowest BCUT2D eigenvalue weighted by Crippen LogP contribution is -2.39. The molecule has 2 heterocycles. The highest BCUT2D eigenvalue weighted by Gasteiger charge is 2.12. The molecule has 2 amide bonds. The van der Waals surface area contributed by atoms with Crippen molar-refractivity contribution in [3.05, 3.63) is 39.8 Å². The lowest BCUT2D eigenvalue weighted by molar-refractivity contribution is 0.235. The van der Waals surface area contributed by atoms with Gasteiger partial charge in [-0.15, -0.1) is 11.3 Å². The van der Waals surface area contributed by atoms with Crippen LogP contribution in [-0.2, 0) is 6.54 Å². The lowest BCUT2D eigenvalue weighted by atomic mass is 10.2. The molecule has 0 aliphatic rings. The number of thiophene rings is 1. The average Bonchev–Trinajstić information content (AvgIpc) is 3.07. The van der Waals surface area contributed by atoms with Crippen molar-refractivity contribution < 1.29 is 4.79 Å². The van der Waals surface area contributed by atoms with Gasteiger partial charge in [0.15, 0.2) is 0 Å². The fourth-order valence-corrected chi connectivity index (χ4v) is 3.08. The molecular formula is C16H24N4OS. The summed E-state index contributed by atoms with van der Waals surface area (Å²) in [6.07, 6.45) is 0. The Morgan fingerprint density at radius 3 is 2.77 bits per heavy atom. The maximum atomic E-state index is 11.9. The molecule has 0 aromatic carbocycles. The summed E-state index contributed by atoms with van der Waals surface area (Å²) < 4.78 is 1.99. The molecule has 0 saturated carbocycles. The van der Waals surface area contributed by atoms with Gasteiger partial charge in [-0.05, 0) is 44.2 Å². The maximum Gasteiger partial charge on any atom is 0.315 e. The summed E-state index contributed by atoms with van der Waals surface area (Å²) in [5, 5.41) is 12.4. The van der Waals surface area contributed by atoms with Crippen molar-refractivity contribution in [1.29, 1.82) is 0 Å². The Balaban J connectivity index is 1.75. The number of rotatable bonds is 6. The molecule has 0 aliphatic carbocycles. The number of nitrogens with zero attached hydrogens (tertiary/aromatic N) is 2. The van der Waals surface area contributed by atoms with Crippen LogP contribution in [-0.4, -0.2) is 22.4 Å². The van der Waals surface area contributed by atoms with Gasteiger partial charge in [-0.1, -0.05) is 13.0 Å². The number of aryl methyl sites for hydroxylation is 2. The van der Waals surface area contributed by atoms with Gasteiger partial charge in [0.05, 0.1) is 11.7 Å². The smallest absolute Gasteiger partial charge is 0.315 e. The van der Waals surface area contributed by atoms with Crippen molar-refractivity contribution in [2.45, 2.75) is 40.3 Å². The number of hydrogen-bond donors (Lipinski definition) is 2. The van der Waals surface area contributed by atoms with Gasteiger partial charge in [0.2, 0.25) is 0 Å². The minimum atomic E-state index is -0.124. The highest BCUT2D eigenvalue weighted by molar-refractivity contribution is 7.10. The molecule has 120 valence electrons. The Morgan fingerprint density at radius 2 is 2.18 bits per heavy atom. The van der Waals surface area contributed by atoms with Gasteiger partial charge in [0.25, 0.3) is 0 Å². The van der Waals surface area contributed by atoms with E-state index in [0.717, 1.165) is 22.8 Å². The van der Waals surface area contributed by atoms with Crippen LogP contribution in [0.15, 0.2) is 23.6 Å². The van der Waals surface area contributed by atoms with Crippen molar-refractivity contribution in [1.82, 2.24) is 20.4 Å². The van der Waals surface area contributed by atoms with Gasteiger partial charge in [-0.25, -0.2) is 4.79 Å². The second-order valence-corrected chi connectivity index (χ2v) is 6.79. The molecule has 2 rings (SSSR count). The predicted molar refractivity (Wildman–Crippen MR) is 90.1 cm³/mol. The molecule has 0 spiro atoms. The Morgan fingerprint density at radius 1 is 1.41 bits per heavy atom. The zero-order valence-corrected chi connectivity index (χ0v) is 14.4. The molecular weight excluding hydrogens is 296 g/mol. The van der Waals surface area contributed by atoms with Crippen LogP contribution in [0.2, 0.25) is 0 Å². The fraction of sp³-hybridized carbons (Fsp3) is 0.500. The fourth-order valence-electron chi connectivity index (χ4n) is 2.34. The minimum Gasteiger partial charge on any atom is -0.338 e. The maximum absolute atomic E-state index is 11.9. The van der Waals surface area contributed by atoms with Crippen LogP contribution in [0.1, 0.15) is 36.2 Å². The summed E-state index contributed by atoms with van der Waals surface area (Å²) in [6, 6.07) is 6.00. The number of urea groups is 1. The SMILES string of the molecule is Cc1cc(C)n(C[C@@H](C)CNC(=O)N[C@@H](C)c2cccs2)n1. The zero-order chi connectivity index (χ0) is 16.1. The predicted octanol–water partition coefficient (Wildman–Crippen LogP) is 3.26. The minimum absolute atomic E-state index is 0.0336. The number of carbonyl (C=O) groups is 1. The normalized spacial score (nSPS) is 13.6. The molecule has 0 fully saturated rings. The third-order valence-corrected chi connectivity index (χ3v) is 4.57. The lowest BCUT2D eigenvalue weighted by Gasteiger charge is -2.16. The summed E-state index contributed by atoms with van der Waals surface area (Å²) in [5.74, 6) is 0.320. The quantitative estimate of drug-likeness (QED) is 0.858. The second kappa shape index (κ2) is 7.45. The van der Waals surface area contributed by atoms with Gasteiger partial charge in [-0.2, -0.15) is 5.10 Å². The van der Waals surface area contributed by atoms with Crippen LogP contribution in [0.3, 0.4) is 0 Å². The Kier molecular flexibility index (Phi) is 5.60. The second-order valence-electron chi connectivity index (χ2n) is 5.81. The molecule has 0 saturated heterocycles. The Bertz CT molecular complexity index is 606. The van der Waals surface area contributed by atoms with E-state index in [1.165, 1.54) is 0 Å². The van der Waals surface area contributed by atoms with Crippen molar-refractivity contribution in [2.75, 3.05) is 6.54 Å². The monoisotopic (exact) mass is 320 g/mol. The van der Waals surface area contributed by atoms with Crippen LogP contribution in [0.5, 0.6) is 0 Å². The van der Waals surface area contributed by atoms with Crippen LogP contribution in [0.25, 0.3) is 0 Å². The highest BCUT2D eigenvalue weighted by atomic mass is 32.1. The number of carbonyl (C=O) groups excluding carboxylic acids is 1. The third kappa shape index (κ3) is 4.59. The largest absolute Gasteiger partial charge is 0.338 e. The molecule has 6 heteroatoms. The van der Waals surface area contributed by atoms with Gasteiger partial charge in [-0.3, -0.25) is 4.68 Å². The number of hydrogen-bond acceptors (Lipinski definition) is 3. The van der Waals surface area contributed by atoms with E-state index in [0.29, 0.717) is 12.5 Å². The van der Waals surface area contributed by atoms with E-state index in [1.807, 2.05) is 36.0 Å². The summed E-state index contributed by atoms with van der Waals surface area (Å²) in [7, 11) is 0. The summed E-state index contributed by atoms with van der Waals surface area (Å²) >= 11 is 1.65. The Labute approximate surface area is 135 Å². The van der Waals surface area contributed by atoms with Crippen LogP contribution < -0.4 is 10.6 Å².